The molecule has 0 saturated carbocycles. The van der Waals surface area contributed by atoms with E-state index in [2.05, 4.69) is 15.5 Å². The van der Waals surface area contributed by atoms with Crippen molar-refractivity contribution in [1.29, 1.82) is 0 Å². The van der Waals surface area contributed by atoms with Gasteiger partial charge in [-0.15, -0.1) is 0 Å². The zero-order valence-electron chi connectivity index (χ0n) is 10.2. The summed E-state index contributed by atoms with van der Waals surface area (Å²) in [7, 11) is 1.78. The summed E-state index contributed by atoms with van der Waals surface area (Å²) in [5, 5.41) is 14.2. The molecule has 0 aliphatic rings. The Bertz CT molecular complexity index is 633. The van der Waals surface area contributed by atoms with Gasteiger partial charge in [-0.1, -0.05) is 17.3 Å². The number of rotatable bonds is 3. The number of nitrogens with two attached hydrogens (primary N) is 1. The summed E-state index contributed by atoms with van der Waals surface area (Å²) in [4.78, 5) is 15.8. The lowest BCUT2D eigenvalue weighted by Gasteiger charge is -2.05. The molecule has 2 aromatic rings. The Morgan fingerprint density at radius 1 is 1.53 bits per heavy atom. The van der Waals surface area contributed by atoms with E-state index in [0.717, 1.165) is 0 Å². The zero-order valence-corrected chi connectivity index (χ0v) is 10.2. The summed E-state index contributed by atoms with van der Waals surface area (Å²) in [6, 6.07) is 6.68. The number of benzene rings is 1. The predicted octanol–water partition coefficient (Wildman–Crippen LogP) is 0.767. The van der Waals surface area contributed by atoms with Crippen LogP contribution in [-0.2, 0) is 7.05 Å². The average molecular weight is 259 g/mol. The third kappa shape index (κ3) is 2.89. The number of nitrogens with zero attached hydrogens (tertiary/aromatic N) is 3. The summed E-state index contributed by atoms with van der Waals surface area (Å²) in [6.45, 7) is 0. The number of amides is 1. The fraction of sp³-hybridized carbons (Fsp3) is 0.0833. The minimum atomic E-state index is -0.322. The number of amidine groups is 1. The van der Waals surface area contributed by atoms with Gasteiger partial charge in [0.15, 0.2) is 5.84 Å². The molecule has 0 atom stereocenters. The molecule has 4 N–H and O–H groups in total. The van der Waals surface area contributed by atoms with Gasteiger partial charge in [0.05, 0.1) is 6.33 Å². The molecule has 0 aliphatic carbocycles. The maximum atomic E-state index is 11.9. The van der Waals surface area contributed by atoms with Gasteiger partial charge in [0, 0.05) is 24.5 Å². The second kappa shape index (κ2) is 5.21. The molecule has 0 saturated heterocycles. The highest BCUT2D eigenvalue weighted by atomic mass is 16.4. The molecule has 1 aromatic carbocycles. The highest BCUT2D eigenvalue weighted by Crippen LogP contribution is 2.11. The number of carbonyl (C=O) groups is 1. The van der Waals surface area contributed by atoms with Crippen molar-refractivity contribution in [2.24, 2.45) is 17.9 Å². The van der Waals surface area contributed by atoms with Crippen LogP contribution >= 0.6 is 0 Å². The monoisotopic (exact) mass is 259 g/mol. The second-order valence-electron chi connectivity index (χ2n) is 3.94. The van der Waals surface area contributed by atoms with Crippen molar-refractivity contribution < 1.29 is 10.0 Å². The molecule has 7 nitrogen and oxygen atoms in total. The first-order valence-corrected chi connectivity index (χ1v) is 5.47. The number of nitrogens with one attached hydrogen (secondary N) is 1. The molecule has 0 aliphatic heterocycles. The maximum absolute atomic E-state index is 11.9. The summed E-state index contributed by atoms with van der Waals surface area (Å²) in [6.07, 6.45) is 3.16. The molecule has 1 aromatic heterocycles. The number of hydrogen-bond donors (Lipinski definition) is 3. The van der Waals surface area contributed by atoms with Crippen LogP contribution in [0.2, 0.25) is 0 Å². The fourth-order valence-corrected chi connectivity index (χ4v) is 1.54. The van der Waals surface area contributed by atoms with Crippen molar-refractivity contribution in [3.8, 4) is 0 Å². The summed E-state index contributed by atoms with van der Waals surface area (Å²) >= 11 is 0. The van der Waals surface area contributed by atoms with Crippen LogP contribution in [0.15, 0.2) is 41.9 Å². The highest BCUT2D eigenvalue weighted by molar-refractivity contribution is 6.04. The predicted molar refractivity (Wildman–Crippen MR) is 70.1 cm³/mol. The number of aryl methyl sites for hydroxylation is 1. The van der Waals surface area contributed by atoms with Gasteiger partial charge in [-0.3, -0.25) is 4.79 Å². The first kappa shape index (κ1) is 12.6. The molecule has 0 spiro atoms. The lowest BCUT2D eigenvalue weighted by Crippen LogP contribution is -2.15. The number of carbonyl (C=O) groups excluding carboxylic acids is 1. The summed E-state index contributed by atoms with van der Waals surface area (Å²) < 4.78 is 1.68. The quantitative estimate of drug-likeness (QED) is 0.327. The minimum absolute atomic E-state index is 0.0195. The van der Waals surface area contributed by atoms with Crippen LogP contribution in [0.3, 0.4) is 0 Å². The molecule has 1 heterocycles. The zero-order chi connectivity index (χ0) is 13.8. The molecule has 19 heavy (non-hydrogen) atoms. The van der Waals surface area contributed by atoms with E-state index < -0.39 is 0 Å². The summed E-state index contributed by atoms with van der Waals surface area (Å²) in [5.41, 5.74) is 6.85. The topological polar surface area (TPSA) is 106 Å². The van der Waals surface area contributed by atoms with Crippen molar-refractivity contribution in [2.45, 2.75) is 0 Å². The average Bonchev–Trinajstić information content (AvgIpc) is 2.85. The molecule has 0 fully saturated rings. The lowest BCUT2D eigenvalue weighted by molar-refractivity contribution is 0.102. The van der Waals surface area contributed by atoms with Crippen LogP contribution in [0.25, 0.3) is 0 Å². The Kier molecular flexibility index (Phi) is 3.46. The van der Waals surface area contributed by atoms with Crippen LogP contribution < -0.4 is 11.1 Å². The van der Waals surface area contributed by atoms with Crippen LogP contribution in [0.4, 0.5) is 5.69 Å². The SMILES string of the molecule is Cn1cnc(C(=O)Nc2cccc(/C(N)=N/O)c2)c1. The molecule has 1 amide bonds. The largest absolute Gasteiger partial charge is 0.409 e. The van der Waals surface area contributed by atoms with Crippen LogP contribution in [0.1, 0.15) is 16.1 Å². The normalized spacial score (nSPS) is 11.3. The van der Waals surface area contributed by atoms with E-state index in [-0.39, 0.29) is 11.7 Å². The molecular formula is C12H13N5O2. The van der Waals surface area contributed by atoms with Crippen molar-refractivity contribution in [3.05, 3.63) is 48.0 Å². The second-order valence-corrected chi connectivity index (χ2v) is 3.94. The Labute approximate surface area is 109 Å². The Hall–Kier alpha value is -2.83. The number of aromatic nitrogens is 2. The number of oxime groups is 1. The molecule has 0 radical (unpaired) electrons. The van der Waals surface area contributed by atoms with Gasteiger partial charge in [0.2, 0.25) is 0 Å². The Morgan fingerprint density at radius 2 is 2.32 bits per heavy atom. The Morgan fingerprint density at radius 3 is 2.95 bits per heavy atom. The van der Waals surface area contributed by atoms with Gasteiger partial charge in [-0.05, 0) is 12.1 Å². The standard InChI is InChI=1S/C12H13N5O2/c1-17-6-10(14-7-17)12(18)15-9-4-2-3-8(5-9)11(13)16-19/h2-7,19H,1H3,(H2,13,16)(H,15,18). The van der Waals surface area contributed by atoms with E-state index in [1.165, 1.54) is 0 Å². The Balaban J connectivity index is 2.17. The van der Waals surface area contributed by atoms with E-state index >= 15 is 0 Å². The maximum Gasteiger partial charge on any atom is 0.275 e. The highest BCUT2D eigenvalue weighted by Gasteiger charge is 2.09. The van der Waals surface area contributed by atoms with E-state index in [9.17, 15) is 4.79 Å². The van der Waals surface area contributed by atoms with Crippen molar-refractivity contribution in [2.75, 3.05) is 5.32 Å². The van der Waals surface area contributed by atoms with Gasteiger partial charge < -0.3 is 20.8 Å². The smallest absolute Gasteiger partial charge is 0.275 e. The van der Waals surface area contributed by atoms with E-state index in [1.807, 2.05) is 0 Å². The molecule has 2 rings (SSSR count). The summed E-state index contributed by atoms with van der Waals surface area (Å²) in [5.74, 6) is -0.341. The molecule has 0 bridgehead atoms. The minimum Gasteiger partial charge on any atom is -0.409 e. The molecule has 0 unspecified atom stereocenters. The first-order valence-electron chi connectivity index (χ1n) is 5.47. The van der Waals surface area contributed by atoms with Gasteiger partial charge in [0.1, 0.15) is 5.69 Å². The van der Waals surface area contributed by atoms with Gasteiger partial charge in [-0.2, -0.15) is 0 Å². The van der Waals surface area contributed by atoms with Crippen molar-refractivity contribution in [3.63, 3.8) is 0 Å². The number of imidazole rings is 1. The van der Waals surface area contributed by atoms with Gasteiger partial charge in [0.25, 0.3) is 5.91 Å². The van der Waals surface area contributed by atoms with Crippen LogP contribution in [-0.4, -0.2) is 26.5 Å². The van der Waals surface area contributed by atoms with Crippen molar-refractivity contribution in [1.82, 2.24) is 9.55 Å². The van der Waals surface area contributed by atoms with E-state index in [0.29, 0.717) is 16.9 Å². The lowest BCUT2D eigenvalue weighted by atomic mass is 10.2. The van der Waals surface area contributed by atoms with E-state index in [1.54, 1.807) is 48.4 Å². The first-order chi connectivity index (χ1) is 9.10. The molecule has 98 valence electrons. The third-order valence-electron chi connectivity index (χ3n) is 2.46. The number of anilines is 1. The van der Waals surface area contributed by atoms with Gasteiger partial charge >= 0.3 is 0 Å². The third-order valence-corrected chi connectivity index (χ3v) is 2.46. The number of hydrogen-bond acceptors (Lipinski definition) is 4. The van der Waals surface area contributed by atoms with E-state index in [4.69, 9.17) is 10.9 Å². The molecular weight excluding hydrogens is 246 g/mol. The molecule has 7 heteroatoms. The van der Waals surface area contributed by atoms with Crippen molar-refractivity contribution >= 4 is 17.4 Å². The van der Waals surface area contributed by atoms with Crippen LogP contribution in [0, 0.1) is 0 Å². The van der Waals surface area contributed by atoms with Gasteiger partial charge in [-0.25, -0.2) is 4.98 Å². The van der Waals surface area contributed by atoms with Crippen LogP contribution in [0.5, 0.6) is 0 Å². The fourth-order valence-electron chi connectivity index (χ4n) is 1.54.